The van der Waals surface area contributed by atoms with E-state index in [1.807, 2.05) is 31.2 Å². The average molecular weight is 399 g/mol. The number of aryl methyl sites for hydroxylation is 1. The molecule has 148 valence electrons. The Hall–Kier alpha value is -2.40. The molecule has 0 bridgehead atoms. The van der Waals surface area contributed by atoms with Crippen LogP contribution in [0.3, 0.4) is 0 Å². The van der Waals surface area contributed by atoms with Gasteiger partial charge in [0.2, 0.25) is 5.78 Å². The number of rotatable bonds is 6. The molecule has 28 heavy (non-hydrogen) atoms. The Labute approximate surface area is 167 Å². The van der Waals surface area contributed by atoms with Gasteiger partial charge in [-0.05, 0) is 55.2 Å². The van der Waals surface area contributed by atoms with Crippen molar-refractivity contribution in [2.75, 3.05) is 6.26 Å². The Bertz CT molecular complexity index is 1020. The summed E-state index contributed by atoms with van der Waals surface area (Å²) >= 11 is 0. The molecule has 0 aliphatic carbocycles. The summed E-state index contributed by atoms with van der Waals surface area (Å²) in [5.41, 5.74) is 2.40. The molecule has 0 fully saturated rings. The molecule has 4 nitrogen and oxygen atoms in total. The highest BCUT2D eigenvalue weighted by atomic mass is 32.2. The summed E-state index contributed by atoms with van der Waals surface area (Å²) in [5, 5.41) is 0. The first-order valence-corrected chi connectivity index (χ1v) is 11.5. The lowest BCUT2D eigenvalue weighted by Gasteiger charge is -2.21. The molecule has 0 amide bonds. The van der Waals surface area contributed by atoms with E-state index in [9.17, 15) is 13.2 Å². The summed E-state index contributed by atoms with van der Waals surface area (Å²) in [4.78, 5) is 13.4. The minimum Gasteiger partial charge on any atom is -0.478 e. The number of ether oxygens (including phenoxy) is 1. The van der Waals surface area contributed by atoms with Gasteiger partial charge in [-0.3, -0.25) is 4.79 Å². The number of hydrogen-bond donors (Lipinski definition) is 0. The number of benzene rings is 2. The largest absolute Gasteiger partial charge is 0.478 e. The van der Waals surface area contributed by atoms with Crippen molar-refractivity contribution in [3.8, 4) is 0 Å². The van der Waals surface area contributed by atoms with Crippen LogP contribution in [0.4, 0.5) is 0 Å². The van der Waals surface area contributed by atoms with Crippen LogP contribution in [0.25, 0.3) is 11.3 Å². The van der Waals surface area contributed by atoms with Crippen LogP contribution in [0.5, 0.6) is 0 Å². The Morgan fingerprint density at radius 1 is 0.929 bits per heavy atom. The van der Waals surface area contributed by atoms with Crippen molar-refractivity contribution in [1.29, 1.82) is 0 Å². The van der Waals surface area contributed by atoms with Crippen LogP contribution in [0, 0.1) is 0 Å². The summed E-state index contributed by atoms with van der Waals surface area (Å²) < 4.78 is 29.6. The quantitative estimate of drug-likeness (QED) is 0.709. The van der Waals surface area contributed by atoms with Gasteiger partial charge < -0.3 is 4.74 Å². The van der Waals surface area contributed by atoms with Crippen molar-refractivity contribution >= 4 is 27.0 Å². The highest BCUT2D eigenvalue weighted by molar-refractivity contribution is 7.90. The molecule has 5 heteroatoms. The highest BCUT2D eigenvalue weighted by Crippen LogP contribution is 2.43. The fourth-order valence-corrected chi connectivity index (χ4v) is 4.00. The van der Waals surface area contributed by atoms with Crippen molar-refractivity contribution < 1.29 is 17.9 Å². The maximum absolute atomic E-state index is 13.2. The minimum atomic E-state index is -3.28. The van der Waals surface area contributed by atoms with Gasteiger partial charge in [-0.1, -0.05) is 44.5 Å². The predicted molar refractivity (Wildman–Crippen MR) is 112 cm³/mol. The monoisotopic (exact) mass is 398 g/mol. The van der Waals surface area contributed by atoms with Crippen LogP contribution in [-0.4, -0.2) is 26.1 Å². The second-order valence-electron chi connectivity index (χ2n) is 7.46. The van der Waals surface area contributed by atoms with E-state index in [1.165, 1.54) is 11.8 Å². The normalized spacial score (nSPS) is 19.8. The molecule has 2 aromatic rings. The third-order valence-electron chi connectivity index (χ3n) is 5.26. The van der Waals surface area contributed by atoms with Gasteiger partial charge in [-0.25, -0.2) is 8.42 Å². The SMILES string of the molecule is CCCc1ccc(C2=C(c3ccc(S(C)(=O)=O)cc3)OC(C)(CC)C2=O)cc1. The van der Waals surface area contributed by atoms with Gasteiger partial charge >= 0.3 is 0 Å². The first kappa shape index (κ1) is 20.3. The Kier molecular flexibility index (Phi) is 5.48. The third-order valence-corrected chi connectivity index (χ3v) is 6.39. The van der Waals surface area contributed by atoms with E-state index >= 15 is 0 Å². The Morgan fingerprint density at radius 2 is 1.50 bits per heavy atom. The lowest BCUT2D eigenvalue weighted by molar-refractivity contribution is -0.126. The average Bonchev–Trinajstić information content (AvgIpc) is 2.94. The second kappa shape index (κ2) is 7.55. The van der Waals surface area contributed by atoms with E-state index in [2.05, 4.69) is 6.92 Å². The number of carbonyl (C=O) groups is 1. The number of hydrogen-bond acceptors (Lipinski definition) is 4. The van der Waals surface area contributed by atoms with Crippen LogP contribution in [0.15, 0.2) is 53.4 Å². The summed E-state index contributed by atoms with van der Waals surface area (Å²) in [7, 11) is -3.28. The maximum Gasteiger partial charge on any atom is 0.210 e. The van der Waals surface area contributed by atoms with Crippen molar-refractivity contribution in [2.45, 2.75) is 50.5 Å². The highest BCUT2D eigenvalue weighted by Gasteiger charge is 2.45. The standard InChI is InChI=1S/C23H26O4S/c1-5-7-16-8-10-17(11-9-16)20-21(27-23(3,6-2)22(20)24)18-12-14-19(15-13-18)28(4,25)26/h8-15H,5-7H2,1-4H3. The van der Waals surface area contributed by atoms with Crippen LogP contribution in [0.2, 0.25) is 0 Å². The van der Waals surface area contributed by atoms with Gasteiger partial charge in [0.05, 0.1) is 10.5 Å². The van der Waals surface area contributed by atoms with E-state index in [0.29, 0.717) is 23.3 Å². The zero-order chi connectivity index (χ0) is 20.5. The molecule has 1 aliphatic rings. The molecule has 1 unspecified atom stereocenters. The Morgan fingerprint density at radius 3 is 2.00 bits per heavy atom. The van der Waals surface area contributed by atoms with Gasteiger partial charge in [0.1, 0.15) is 5.76 Å². The summed E-state index contributed by atoms with van der Waals surface area (Å²) in [6, 6.07) is 14.5. The topological polar surface area (TPSA) is 60.4 Å². The fraction of sp³-hybridized carbons (Fsp3) is 0.348. The van der Waals surface area contributed by atoms with Gasteiger partial charge in [0.25, 0.3) is 0 Å². The molecule has 0 saturated carbocycles. The summed E-state index contributed by atoms with van der Waals surface area (Å²) in [6.07, 6.45) is 3.79. The molecule has 0 spiro atoms. The first-order valence-electron chi connectivity index (χ1n) is 9.57. The van der Waals surface area contributed by atoms with Gasteiger partial charge in [0, 0.05) is 11.8 Å². The minimum absolute atomic E-state index is 0.0413. The van der Waals surface area contributed by atoms with Crippen molar-refractivity contribution in [1.82, 2.24) is 0 Å². The van der Waals surface area contributed by atoms with Crippen LogP contribution in [0.1, 0.15) is 50.3 Å². The van der Waals surface area contributed by atoms with E-state index in [4.69, 9.17) is 4.74 Å². The summed E-state index contributed by atoms with van der Waals surface area (Å²) in [5.74, 6) is 0.470. The Balaban J connectivity index is 2.10. The molecule has 0 saturated heterocycles. The lowest BCUT2D eigenvalue weighted by Crippen LogP contribution is -2.32. The van der Waals surface area contributed by atoms with Crippen LogP contribution < -0.4 is 0 Å². The smallest absolute Gasteiger partial charge is 0.210 e. The van der Waals surface area contributed by atoms with Crippen molar-refractivity contribution in [2.24, 2.45) is 0 Å². The lowest BCUT2D eigenvalue weighted by atomic mass is 9.89. The number of carbonyl (C=O) groups excluding carboxylic acids is 1. The molecule has 3 rings (SSSR count). The third kappa shape index (κ3) is 3.76. The molecule has 0 aromatic heterocycles. The van der Waals surface area contributed by atoms with E-state index < -0.39 is 15.4 Å². The fourth-order valence-electron chi connectivity index (χ4n) is 3.37. The van der Waals surface area contributed by atoms with E-state index in [-0.39, 0.29) is 10.7 Å². The zero-order valence-electron chi connectivity index (χ0n) is 16.8. The van der Waals surface area contributed by atoms with Gasteiger partial charge in [-0.2, -0.15) is 0 Å². The van der Waals surface area contributed by atoms with E-state index in [0.717, 1.165) is 18.4 Å². The molecular formula is C23H26O4S. The molecule has 0 radical (unpaired) electrons. The molecule has 1 atom stereocenters. The van der Waals surface area contributed by atoms with Crippen molar-refractivity contribution in [3.63, 3.8) is 0 Å². The number of ketones is 1. The molecule has 1 heterocycles. The predicted octanol–water partition coefficient (Wildman–Crippen LogP) is 4.68. The number of Topliss-reactive ketones (excluding diaryl/α,β-unsaturated/α-hetero) is 1. The molecule has 0 N–H and O–H groups in total. The summed E-state index contributed by atoms with van der Waals surface area (Å²) in [6.45, 7) is 5.87. The molecule has 1 aliphatic heterocycles. The second-order valence-corrected chi connectivity index (χ2v) is 9.48. The molecule has 2 aromatic carbocycles. The van der Waals surface area contributed by atoms with Gasteiger partial charge in [0.15, 0.2) is 15.4 Å². The maximum atomic E-state index is 13.2. The van der Waals surface area contributed by atoms with Crippen LogP contribution in [-0.2, 0) is 25.8 Å². The number of sulfone groups is 1. The van der Waals surface area contributed by atoms with Crippen LogP contribution >= 0.6 is 0 Å². The zero-order valence-corrected chi connectivity index (χ0v) is 17.6. The van der Waals surface area contributed by atoms with Gasteiger partial charge in [-0.15, -0.1) is 0 Å². The first-order chi connectivity index (χ1) is 13.2. The van der Waals surface area contributed by atoms with Crippen molar-refractivity contribution in [3.05, 3.63) is 65.2 Å². The van der Waals surface area contributed by atoms with E-state index in [1.54, 1.807) is 31.2 Å². The molecular weight excluding hydrogens is 372 g/mol.